The van der Waals surface area contributed by atoms with Gasteiger partial charge in [-0.3, -0.25) is 9.69 Å². The number of pyridine rings is 1. The Morgan fingerprint density at radius 1 is 1.13 bits per heavy atom. The summed E-state index contributed by atoms with van der Waals surface area (Å²) in [5.74, 6) is 1.62. The number of likely N-dealkylation sites (N-methyl/N-ethyl adjacent to an activating group) is 1. The van der Waals surface area contributed by atoms with Crippen LogP contribution in [-0.4, -0.2) is 40.6 Å². The fourth-order valence-corrected chi connectivity index (χ4v) is 4.29. The molecule has 0 saturated carbocycles. The van der Waals surface area contributed by atoms with E-state index in [1.54, 1.807) is 40.0 Å². The Kier molecular flexibility index (Phi) is 8.20. The summed E-state index contributed by atoms with van der Waals surface area (Å²) in [6, 6.07) is 18.7. The zero-order valence-corrected chi connectivity index (χ0v) is 22.6. The molecular formula is C30H35N3O5. The number of carbonyl (C=O) groups is 2. The summed E-state index contributed by atoms with van der Waals surface area (Å²) >= 11 is 0. The average Bonchev–Trinajstić information content (AvgIpc) is 2.89. The van der Waals surface area contributed by atoms with Gasteiger partial charge in [-0.2, -0.15) is 0 Å². The van der Waals surface area contributed by atoms with Crippen molar-refractivity contribution in [2.45, 2.75) is 64.7 Å². The number of hydrogen-bond donors (Lipinski definition) is 1. The van der Waals surface area contributed by atoms with Crippen LogP contribution >= 0.6 is 0 Å². The first-order chi connectivity index (χ1) is 18.1. The molecule has 200 valence electrons. The molecule has 1 aliphatic rings. The zero-order valence-electron chi connectivity index (χ0n) is 22.6. The lowest BCUT2D eigenvalue weighted by atomic mass is 9.97. The minimum Gasteiger partial charge on any atom is -0.485 e. The Morgan fingerprint density at radius 2 is 1.89 bits per heavy atom. The highest BCUT2D eigenvalue weighted by atomic mass is 16.6. The highest BCUT2D eigenvalue weighted by Crippen LogP contribution is 2.37. The van der Waals surface area contributed by atoms with E-state index in [0.717, 1.165) is 24.2 Å². The molecule has 0 radical (unpaired) electrons. The Bertz CT molecular complexity index is 1260. The summed E-state index contributed by atoms with van der Waals surface area (Å²) in [6.45, 7) is 7.20. The molecule has 3 aromatic rings. The van der Waals surface area contributed by atoms with Gasteiger partial charge < -0.3 is 19.5 Å². The molecule has 0 saturated heterocycles. The number of rotatable bonds is 7. The summed E-state index contributed by atoms with van der Waals surface area (Å²) in [6.07, 6.45) is 3.25. The molecule has 0 spiro atoms. The Labute approximate surface area is 223 Å². The molecule has 2 unspecified atom stereocenters. The molecule has 1 aliphatic heterocycles. The third-order valence-corrected chi connectivity index (χ3v) is 6.21. The fourth-order valence-electron chi connectivity index (χ4n) is 4.29. The average molecular weight is 518 g/mol. The van der Waals surface area contributed by atoms with Crippen molar-refractivity contribution < 1.29 is 23.8 Å². The van der Waals surface area contributed by atoms with Crippen molar-refractivity contribution in [1.82, 2.24) is 9.88 Å². The molecule has 2 atom stereocenters. The highest BCUT2D eigenvalue weighted by Gasteiger charge is 2.29. The van der Waals surface area contributed by atoms with E-state index in [1.807, 2.05) is 43.3 Å². The van der Waals surface area contributed by atoms with Crippen LogP contribution in [0, 0.1) is 0 Å². The van der Waals surface area contributed by atoms with E-state index in [1.165, 1.54) is 16.7 Å². The van der Waals surface area contributed by atoms with Crippen molar-refractivity contribution >= 4 is 17.7 Å². The number of aromatic nitrogens is 1. The van der Waals surface area contributed by atoms with Crippen LogP contribution in [0.4, 0.5) is 10.5 Å². The number of fused-ring (bicyclic) bond motifs is 1. The lowest BCUT2D eigenvalue weighted by Gasteiger charge is -2.29. The van der Waals surface area contributed by atoms with Crippen molar-refractivity contribution in [1.29, 1.82) is 0 Å². The summed E-state index contributed by atoms with van der Waals surface area (Å²) < 4.78 is 17.6. The first-order valence-corrected chi connectivity index (χ1v) is 12.9. The molecule has 4 rings (SSSR count). The summed E-state index contributed by atoms with van der Waals surface area (Å²) in [5.41, 5.74) is 2.13. The van der Waals surface area contributed by atoms with E-state index in [2.05, 4.69) is 22.4 Å². The van der Waals surface area contributed by atoms with Crippen LogP contribution in [0.1, 0.15) is 57.8 Å². The van der Waals surface area contributed by atoms with Gasteiger partial charge in [-0.1, -0.05) is 37.3 Å². The van der Waals surface area contributed by atoms with Crippen LogP contribution in [0.15, 0.2) is 66.9 Å². The molecular weight excluding hydrogens is 482 g/mol. The summed E-state index contributed by atoms with van der Waals surface area (Å²) in [4.78, 5) is 30.9. The summed E-state index contributed by atoms with van der Waals surface area (Å²) in [5, 5.41) is 2.82. The van der Waals surface area contributed by atoms with Gasteiger partial charge in [0.05, 0.1) is 11.9 Å². The zero-order chi connectivity index (χ0) is 27.3. The van der Waals surface area contributed by atoms with Gasteiger partial charge >= 0.3 is 6.09 Å². The van der Waals surface area contributed by atoms with Gasteiger partial charge in [0, 0.05) is 13.1 Å². The second-order valence-corrected chi connectivity index (χ2v) is 10.3. The second-order valence-electron chi connectivity index (χ2n) is 10.3. The predicted octanol–water partition coefficient (Wildman–Crippen LogP) is 6.52. The predicted molar refractivity (Wildman–Crippen MR) is 146 cm³/mol. The van der Waals surface area contributed by atoms with E-state index >= 15 is 0 Å². The molecule has 8 nitrogen and oxygen atoms in total. The molecule has 38 heavy (non-hydrogen) atoms. The monoisotopic (exact) mass is 517 g/mol. The van der Waals surface area contributed by atoms with E-state index < -0.39 is 17.7 Å². The maximum absolute atomic E-state index is 12.8. The van der Waals surface area contributed by atoms with Crippen molar-refractivity contribution in [2.75, 3.05) is 12.4 Å². The quantitative estimate of drug-likeness (QED) is 0.384. The van der Waals surface area contributed by atoms with Gasteiger partial charge in [-0.25, -0.2) is 9.78 Å². The largest absolute Gasteiger partial charge is 0.485 e. The Balaban J connectivity index is 1.35. The number of nitrogens with one attached hydrogen (secondary N) is 1. The Hall–Kier alpha value is -4.07. The number of benzene rings is 2. The molecule has 0 fully saturated rings. The van der Waals surface area contributed by atoms with Crippen molar-refractivity contribution in [3.05, 3.63) is 78.0 Å². The standard InChI is InChI=1S/C30H35N3O5/c1-6-24(33(5)29(35)38-30(2,3)4)28(34)32-22-13-17-27(31-19-22)36-23-14-16-26-21(18-23)12-15-25(37-26)20-10-8-7-9-11-20/h7-11,13-14,16-19,24-25H,6,12,15H2,1-5H3,(H,32,34). The lowest BCUT2D eigenvalue weighted by molar-refractivity contribution is -0.121. The van der Waals surface area contributed by atoms with Gasteiger partial charge in [-0.15, -0.1) is 0 Å². The number of aryl methyl sites for hydroxylation is 1. The number of amides is 2. The molecule has 0 aliphatic carbocycles. The third-order valence-electron chi connectivity index (χ3n) is 6.21. The summed E-state index contributed by atoms with van der Waals surface area (Å²) in [7, 11) is 1.56. The highest BCUT2D eigenvalue weighted by molar-refractivity contribution is 5.96. The number of anilines is 1. The number of ether oxygens (including phenoxy) is 3. The normalized spacial score (nSPS) is 15.4. The van der Waals surface area contributed by atoms with Gasteiger partial charge in [0.25, 0.3) is 0 Å². The molecule has 2 heterocycles. The van der Waals surface area contributed by atoms with Crippen LogP contribution in [0.5, 0.6) is 17.4 Å². The molecule has 1 N–H and O–H groups in total. The number of nitrogens with zero attached hydrogens (tertiary/aromatic N) is 2. The van der Waals surface area contributed by atoms with Crippen LogP contribution in [0.3, 0.4) is 0 Å². The SMILES string of the molecule is CCC(C(=O)Nc1ccc(Oc2ccc3c(c2)CCC(c2ccccc2)O3)nc1)N(C)C(=O)OC(C)(C)C. The van der Waals surface area contributed by atoms with Crippen molar-refractivity contribution in [3.8, 4) is 17.4 Å². The van der Waals surface area contributed by atoms with Crippen LogP contribution < -0.4 is 14.8 Å². The first-order valence-electron chi connectivity index (χ1n) is 12.9. The van der Waals surface area contributed by atoms with Crippen molar-refractivity contribution in [3.63, 3.8) is 0 Å². The van der Waals surface area contributed by atoms with Gasteiger partial charge in [0.1, 0.15) is 29.2 Å². The van der Waals surface area contributed by atoms with E-state index in [0.29, 0.717) is 23.7 Å². The Morgan fingerprint density at radius 3 is 2.55 bits per heavy atom. The van der Waals surface area contributed by atoms with Crippen LogP contribution in [0.2, 0.25) is 0 Å². The minimum absolute atomic E-state index is 0.0520. The van der Waals surface area contributed by atoms with Gasteiger partial charge in [-0.05, 0) is 75.4 Å². The van der Waals surface area contributed by atoms with Gasteiger partial charge in [0.2, 0.25) is 11.8 Å². The number of carbonyl (C=O) groups excluding carboxylic acids is 2. The van der Waals surface area contributed by atoms with Crippen LogP contribution in [0.25, 0.3) is 0 Å². The number of hydrogen-bond acceptors (Lipinski definition) is 6. The third kappa shape index (κ3) is 6.82. The maximum Gasteiger partial charge on any atom is 0.410 e. The van der Waals surface area contributed by atoms with Gasteiger partial charge in [0.15, 0.2) is 0 Å². The molecule has 8 heteroatoms. The second kappa shape index (κ2) is 11.5. The van der Waals surface area contributed by atoms with Crippen LogP contribution in [-0.2, 0) is 16.0 Å². The topological polar surface area (TPSA) is 90.0 Å². The molecule has 2 aromatic carbocycles. The minimum atomic E-state index is -0.681. The fraction of sp³-hybridized carbons (Fsp3) is 0.367. The molecule has 1 aromatic heterocycles. The van der Waals surface area contributed by atoms with E-state index in [4.69, 9.17) is 14.2 Å². The molecule has 2 amide bonds. The van der Waals surface area contributed by atoms with E-state index in [9.17, 15) is 9.59 Å². The lowest BCUT2D eigenvalue weighted by Crippen LogP contribution is -2.46. The van der Waals surface area contributed by atoms with Crippen molar-refractivity contribution in [2.24, 2.45) is 0 Å². The first kappa shape index (κ1) is 27.0. The smallest absolute Gasteiger partial charge is 0.410 e. The maximum atomic E-state index is 12.8. The molecule has 0 bridgehead atoms. The van der Waals surface area contributed by atoms with E-state index in [-0.39, 0.29) is 12.0 Å².